The van der Waals surface area contributed by atoms with Gasteiger partial charge in [-0.2, -0.15) is 5.10 Å². The summed E-state index contributed by atoms with van der Waals surface area (Å²) in [5.41, 5.74) is 7.57. The Bertz CT molecular complexity index is 610. The van der Waals surface area contributed by atoms with E-state index >= 15 is 0 Å². The Morgan fingerprint density at radius 3 is 2.67 bits per heavy atom. The van der Waals surface area contributed by atoms with Gasteiger partial charge in [-0.1, -0.05) is 0 Å². The number of benzene rings is 1. The van der Waals surface area contributed by atoms with E-state index in [0.717, 1.165) is 5.56 Å². The maximum atomic E-state index is 14.3. The smallest absolute Gasteiger partial charge is 0.149 e. The average molecular weight is 314 g/mol. The summed E-state index contributed by atoms with van der Waals surface area (Å²) in [6.07, 6.45) is 1.53. The number of nitrogens with two attached hydrogens (primary N) is 1. The second-order valence-corrected chi connectivity index (χ2v) is 4.82. The van der Waals surface area contributed by atoms with Crippen molar-refractivity contribution < 1.29 is 9.13 Å². The number of nitrogens with zero attached hydrogens (tertiary/aromatic N) is 2. The van der Waals surface area contributed by atoms with Gasteiger partial charge in [0.25, 0.3) is 0 Å². The van der Waals surface area contributed by atoms with E-state index in [1.807, 2.05) is 6.92 Å². The predicted molar refractivity (Wildman–Crippen MR) is 72.0 cm³/mol. The third-order valence-corrected chi connectivity index (χ3v) is 3.39. The number of anilines is 1. The first-order valence-corrected chi connectivity index (χ1v) is 6.07. The number of aromatic nitrogens is 2. The number of hydrogen-bond donors (Lipinski definition) is 1. The molecular weight excluding hydrogens is 301 g/mol. The van der Waals surface area contributed by atoms with Gasteiger partial charge in [0, 0.05) is 7.05 Å². The molecule has 2 rings (SSSR count). The lowest BCUT2D eigenvalue weighted by molar-refractivity contribution is 0.410. The fourth-order valence-corrected chi connectivity index (χ4v) is 2.42. The van der Waals surface area contributed by atoms with Crippen molar-refractivity contribution in [1.82, 2.24) is 9.78 Å². The summed E-state index contributed by atoms with van der Waals surface area (Å²) in [4.78, 5) is 0. The Labute approximate surface area is 113 Å². The lowest BCUT2D eigenvalue weighted by Gasteiger charge is -2.13. The Kier molecular flexibility index (Phi) is 3.30. The molecule has 0 bridgehead atoms. The molecule has 0 saturated carbocycles. The van der Waals surface area contributed by atoms with Crippen LogP contribution in [0.2, 0.25) is 0 Å². The SMILES string of the molecule is COc1c(C)cc(Br)c(F)c1-c1cnn(C)c1N. The minimum atomic E-state index is -0.405. The summed E-state index contributed by atoms with van der Waals surface area (Å²) in [5, 5.41) is 4.02. The van der Waals surface area contributed by atoms with E-state index in [0.29, 0.717) is 27.2 Å². The molecule has 0 saturated heterocycles. The first-order valence-electron chi connectivity index (χ1n) is 5.27. The summed E-state index contributed by atoms with van der Waals surface area (Å²) >= 11 is 3.19. The summed E-state index contributed by atoms with van der Waals surface area (Å²) in [5.74, 6) is 0.456. The highest BCUT2D eigenvalue weighted by Gasteiger charge is 2.21. The van der Waals surface area contributed by atoms with Crippen LogP contribution in [0.3, 0.4) is 0 Å². The average Bonchev–Trinajstić information content (AvgIpc) is 2.65. The Morgan fingerprint density at radius 1 is 1.50 bits per heavy atom. The number of halogens is 2. The molecule has 2 aromatic rings. The van der Waals surface area contributed by atoms with Crippen LogP contribution in [0.1, 0.15) is 5.56 Å². The maximum Gasteiger partial charge on any atom is 0.149 e. The van der Waals surface area contributed by atoms with E-state index < -0.39 is 5.82 Å². The lowest BCUT2D eigenvalue weighted by Crippen LogP contribution is -2.01. The van der Waals surface area contributed by atoms with Gasteiger partial charge in [0.1, 0.15) is 17.4 Å². The van der Waals surface area contributed by atoms with Crippen LogP contribution in [0.15, 0.2) is 16.7 Å². The molecule has 0 fully saturated rings. The number of hydrogen-bond acceptors (Lipinski definition) is 3. The van der Waals surface area contributed by atoms with Gasteiger partial charge in [-0.05, 0) is 34.5 Å². The van der Waals surface area contributed by atoms with Crippen molar-refractivity contribution in [3.63, 3.8) is 0 Å². The highest BCUT2D eigenvalue weighted by molar-refractivity contribution is 9.10. The Morgan fingerprint density at radius 2 is 2.17 bits per heavy atom. The third-order valence-electron chi connectivity index (χ3n) is 2.82. The normalized spacial score (nSPS) is 10.7. The molecule has 1 heterocycles. The number of rotatable bonds is 2. The lowest BCUT2D eigenvalue weighted by atomic mass is 10.0. The summed E-state index contributed by atoms with van der Waals surface area (Å²) in [7, 11) is 3.21. The van der Waals surface area contributed by atoms with E-state index in [1.165, 1.54) is 18.0 Å². The molecular formula is C12H13BrFN3O. The largest absolute Gasteiger partial charge is 0.496 e. The fraction of sp³-hybridized carbons (Fsp3) is 0.250. The van der Waals surface area contributed by atoms with Crippen molar-refractivity contribution >= 4 is 21.7 Å². The van der Waals surface area contributed by atoms with Gasteiger partial charge in [0.05, 0.1) is 28.9 Å². The highest BCUT2D eigenvalue weighted by atomic mass is 79.9. The number of nitrogen functional groups attached to an aromatic ring is 1. The molecule has 0 spiro atoms. The molecule has 0 aliphatic rings. The van der Waals surface area contributed by atoms with Gasteiger partial charge < -0.3 is 10.5 Å². The predicted octanol–water partition coefficient (Wildman–Crippen LogP) is 2.89. The van der Waals surface area contributed by atoms with Crippen LogP contribution in [0.25, 0.3) is 11.1 Å². The molecule has 96 valence electrons. The van der Waals surface area contributed by atoms with Crippen molar-refractivity contribution in [2.75, 3.05) is 12.8 Å². The van der Waals surface area contributed by atoms with Crippen molar-refractivity contribution in [2.24, 2.45) is 7.05 Å². The minimum Gasteiger partial charge on any atom is -0.496 e. The van der Waals surface area contributed by atoms with Gasteiger partial charge in [0.2, 0.25) is 0 Å². The van der Waals surface area contributed by atoms with Crippen LogP contribution in [-0.2, 0) is 7.05 Å². The molecule has 0 aliphatic carbocycles. The topological polar surface area (TPSA) is 53.1 Å². The molecule has 6 heteroatoms. The quantitative estimate of drug-likeness (QED) is 0.927. The van der Waals surface area contributed by atoms with E-state index in [-0.39, 0.29) is 0 Å². The summed E-state index contributed by atoms with van der Waals surface area (Å²) in [6.45, 7) is 1.85. The molecule has 0 aliphatic heterocycles. The number of ether oxygens (including phenoxy) is 1. The second-order valence-electron chi connectivity index (χ2n) is 3.96. The van der Waals surface area contributed by atoms with Crippen molar-refractivity contribution in [2.45, 2.75) is 6.92 Å². The first kappa shape index (κ1) is 12.9. The maximum absolute atomic E-state index is 14.3. The number of methoxy groups -OCH3 is 1. The standard InChI is InChI=1S/C12H13BrFN3O/c1-6-4-8(13)10(14)9(11(6)18-3)7-5-16-17(2)12(7)15/h4-5H,15H2,1-3H3. The highest BCUT2D eigenvalue weighted by Crippen LogP contribution is 2.40. The Balaban J connectivity index is 2.81. The van der Waals surface area contributed by atoms with E-state index in [2.05, 4.69) is 21.0 Å². The fourth-order valence-electron chi connectivity index (χ4n) is 1.88. The summed E-state index contributed by atoms with van der Waals surface area (Å²) < 4.78 is 21.4. The zero-order chi connectivity index (χ0) is 13.4. The van der Waals surface area contributed by atoms with Gasteiger partial charge in [-0.3, -0.25) is 4.68 Å². The first-order chi connectivity index (χ1) is 8.47. The van der Waals surface area contributed by atoms with Crippen LogP contribution in [-0.4, -0.2) is 16.9 Å². The molecule has 1 aromatic heterocycles. The molecule has 0 radical (unpaired) electrons. The zero-order valence-corrected chi connectivity index (χ0v) is 11.9. The van der Waals surface area contributed by atoms with Crippen LogP contribution >= 0.6 is 15.9 Å². The number of aryl methyl sites for hydroxylation is 2. The van der Waals surface area contributed by atoms with Crippen LogP contribution in [0.4, 0.5) is 10.2 Å². The molecule has 2 N–H and O–H groups in total. The van der Waals surface area contributed by atoms with Crippen LogP contribution < -0.4 is 10.5 Å². The monoisotopic (exact) mass is 313 g/mol. The Hall–Kier alpha value is -1.56. The van der Waals surface area contributed by atoms with E-state index in [4.69, 9.17) is 10.5 Å². The molecule has 18 heavy (non-hydrogen) atoms. The zero-order valence-electron chi connectivity index (χ0n) is 10.3. The van der Waals surface area contributed by atoms with Crippen molar-refractivity contribution in [3.05, 3.63) is 28.1 Å². The molecule has 0 atom stereocenters. The van der Waals surface area contributed by atoms with E-state index in [1.54, 1.807) is 13.1 Å². The van der Waals surface area contributed by atoms with Crippen molar-refractivity contribution in [1.29, 1.82) is 0 Å². The van der Waals surface area contributed by atoms with Gasteiger partial charge in [-0.15, -0.1) is 0 Å². The van der Waals surface area contributed by atoms with Crippen molar-refractivity contribution in [3.8, 4) is 16.9 Å². The van der Waals surface area contributed by atoms with E-state index in [9.17, 15) is 4.39 Å². The van der Waals surface area contributed by atoms with Gasteiger partial charge in [0.15, 0.2) is 0 Å². The molecule has 0 unspecified atom stereocenters. The summed E-state index contributed by atoms with van der Waals surface area (Å²) in [6, 6.07) is 1.67. The molecule has 1 aromatic carbocycles. The molecule has 0 amide bonds. The second kappa shape index (κ2) is 4.61. The van der Waals surface area contributed by atoms with Gasteiger partial charge >= 0.3 is 0 Å². The minimum absolute atomic E-state index is 0.329. The molecule has 4 nitrogen and oxygen atoms in total. The van der Waals surface area contributed by atoms with Crippen LogP contribution in [0, 0.1) is 12.7 Å². The third kappa shape index (κ3) is 1.86. The van der Waals surface area contributed by atoms with Crippen LogP contribution in [0.5, 0.6) is 5.75 Å². The van der Waals surface area contributed by atoms with Gasteiger partial charge in [-0.25, -0.2) is 4.39 Å².